The molecule has 4 aromatic rings. The Balaban J connectivity index is 1.56. The number of benzene rings is 3. The Kier molecular flexibility index (Phi) is 5.13. The van der Waals surface area contributed by atoms with E-state index in [1.54, 1.807) is 24.3 Å². The first-order chi connectivity index (χ1) is 14.1. The smallest absolute Gasteiger partial charge is 0.336 e. The van der Waals surface area contributed by atoms with Gasteiger partial charge in [0.05, 0.1) is 20.7 Å². The highest BCUT2D eigenvalue weighted by molar-refractivity contribution is 7.21. The van der Waals surface area contributed by atoms with Gasteiger partial charge in [0, 0.05) is 18.2 Å². The van der Waals surface area contributed by atoms with Crippen molar-refractivity contribution in [3.8, 4) is 16.3 Å². The number of hydrogen-bond acceptors (Lipinski definition) is 6. The summed E-state index contributed by atoms with van der Waals surface area (Å²) >= 11 is 1.52. The summed E-state index contributed by atoms with van der Waals surface area (Å²) in [7, 11) is 0. The molecule has 0 N–H and O–H groups in total. The Hall–Kier alpha value is -3.84. The van der Waals surface area contributed by atoms with Crippen molar-refractivity contribution >= 4 is 39.3 Å². The van der Waals surface area contributed by atoms with Gasteiger partial charge in [0.1, 0.15) is 10.8 Å². The van der Waals surface area contributed by atoms with E-state index in [4.69, 9.17) is 4.74 Å². The molecule has 0 saturated heterocycles. The second-order valence-electron chi connectivity index (χ2n) is 6.09. The van der Waals surface area contributed by atoms with Crippen molar-refractivity contribution in [2.24, 2.45) is 0 Å². The molecule has 0 aliphatic rings. The van der Waals surface area contributed by atoms with E-state index in [-0.39, 0.29) is 5.69 Å². The minimum absolute atomic E-state index is 0.0401. The van der Waals surface area contributed by atoms with Crippen LogP contribution in [0.5, 0.6) is 5.75 Å². The van der Waals surface area contributed by atoms with Gasteiger partial charge in [-0.25, -0.2) is 9.78 Å². The lowest BCUT2D eigenvalue weighted by Gasteiger charge is -2.06. The summed E-state index contributed by atoms with van der Waals surface area (Å²) in [5.74, 6) is -0.176. The van der Waals surface area contributed by atoms with Crippen LogP contribution in [0.2, 0.25) is 0 Å². The first kappa shape index (κ1) is 18.5. The molecule has 1 heterocycles. The molecule has 29 heavy (non-hydrogen) atoms. The molecule has 3 aromatic carbocycles. The average molecular weight is 402 g/mol. The quantitative estimate of drug-likeness (QED) is 0.145. The van der Waals surface area contributed by atoms with Crippen molar-refractivity contribution in [2.45, 2.75) is 0 Å². The molecule has 0 fully saturated rings. The lowest BCUT2D eigenvalue weighted by Crippen LogP contribution is -2.04. The van der Waals surface area contributed by atoms with Crippen LogP contribution in [0.1, 0.15) is 5.56 Å². The van der Waals surface area contributed by atoms with Gasteiger partial charge in [0.15, 0.2) is 0 Å². The van der Waals surface area contributed by atoms with Gasteiger partial charge in [-0.2, -0.15) is 0 Å². The fraction of sp³-hybridized carbons (Fsp3) is 0. The second kappa shape index (κ2) is 8.04. The number of fused-ring (bicyclic) bond motifs is 1. The molecule has 4 rings (SSSR count). The van der Waals surface area contributed by atoms with Gasteiger partial charge in [0.25, 0.3) is 5.69 Å². The fourth-order valence-electron chi connectivity index (χ4n) is 2.77. The van der Waals surface area contributed by atoms with Crippen LogP contribution in [0.25, 0.3) is 26.9 Å². The second-order valence-corrected chi connectivity index (χ2v) is 7.12. The van der Waals surface area contributed by atoms with Crippen molar-refractivity contribution in [2.75, 3.05) is 0 Å². The number of nitrogens with zero attached hydrogens (tertiary/aromatic N) is 2. The third kappa shape index (κ3) is 4.20. The number of nitro groups is 1. The van der Waals surface area contributed by atoms with E-state index in [9.17, 15) is 14.9 Å². The van der Waals surface area contributed by atoms with Gasteiger partial charge in [-0.15, -0.1) is 11.3 Å². The number of esters is 1. The highest BCUT2D eigenvalue weighted by Gasteiger charge is 2.13. The van der Waals surface area contributed by atoms with Crippen molar-refractivity contribution in [3.63, 3.8) is 0 Å². The number of non-ortho nitro benzene ring substituents is 1. The average Bonchev–Trinajstić information content (AvgIpc) is 3.17. The van der Waals surface area contributed by atoms with Crippen molar-refractivity contribution in [3.05, 3.63) is 94.6 Å². The zero-order valence-electron chi connectivity index (χ0n) is 15.0. The number of nitro benzene ring substituents is 1. The summed E-state index contributed by atoms with van der Waals surface area (Å²) in [6, 6.07) is 21.0. The highest BCUT2D eigenvalue weighted by atomic mass is 32.1. The molecular formula is C22H14N2O4S. The third-order valence-corrected chi connectivity index (χ3v) is 5.18. The van der Waals surface area contributed by atoms with Gasteiger partial charge < -0.3 is 4.74 Å². The number of aromatic nitrogens is 1. The molecule has 0 atom stereocenters. The zero-order valence-corrected chi connectivity index (χ0v) is 15.8. The molecule has 6 nitrogen and oxygen atoms in total. The molecule has 1 aromatic heterocycles. The van der Waals surface area contributed by atoms with E-state index in [0.717, 1.165) is 20.8 Å². The summed E-state index contributed by atoms with van der Waals surface area (Å²) < 4.78 is 6.55. The number of hydrogen-bond donors (Lipinski definition) is 0. The molecule has 0 spiro atoms. The van der Waals surface area contributed by atoms with Crippen LogP contribution in [0.3, 0.4) is 0 Å². The van der Waals surface area contributed by atoms with Gasteiger partial charge in [-0.05, 0) is 35.9 Å². The maximum absolute atomic E-state index is 12.3. The van der Waals surface area contributed by atoms with Crippen LogP contribution in [0.15, 0.2) is 78.9 Å². The van der Waals surface area contributed by atoms with Gasteiger partial charge >= 0.3 is 5.97 Å². The topological polar surface area (TPSA) is 82.3 Å². The SMILES string of the molecule is O=C(/C=C/c1cccc([N+](=O)[O-])c1)Oc1ccccc1-c1nc2ccccc2s1. The molecule has 142 valence electrons. The van der Waals surface area contributed by atoms with E-state index in [0.29, 0.717) is 11.3 Å². The summed E-state index contributed by atoms with van der Waals surface area (Å²) in [4.78, 5) is 27.3. The summed E-state index contributed by atoms with van der Waals surface area (Å²) in [6.07, 6.45) is 2.73. The largest absolute Gasteiger partial charge is 0.423 e. The number of rotatable bonds is 5. The minimum Gasteiger partial charge on any atom is -0.423 e. The van der Waals surface area contributed by atoms with Gasteiger partial charge in [-0.3, -0.25) is 10.1 Å². The predicted molar refractivity (Wildman–Crippen MR) is 113 cm³/mol. The number of thiazole rings is 1. The lowest BCUT2D eigenvalue weighted by molar-refractivity contribution is -0.384. The summed E-state index contributed by atoms with van der Waals surface area (Å²) in [6.45, 7) is 0. The van der Waals surface area contributed by atoms with Crippen LogP contribution in [-0.4, -0.2) is 15.9 Å². The number of carbonyl (C=O) groups excluding carboxylic acids is 1. The molecule has 7 heteroatoms. The van der Waals surface area contributed by atoms with E-state index in [1.807, 2.05) is 36.4 Å². The van der Waals surface area contributed by atoms with Crippen LogP contribution in [-0.2, 0) is 4.79 Å². The molecule has 0 bridgehead atoms. The Morgan fingerprint density at radius 3 is 2.66 bits per heavy atom. The van der Waals surface area contributed by atoms with Crippen LogP contribution < -0.4 is 4.74 Å². The molecular weight excluding hydrogens is 388 g/mol. The normalized spacial score (nSPS) is 11.0. The van der Waals surface area contributed by atoms with Gasteiger partial charge in [0.2, 0.25) is 0 Å². The molecule has 0 aliphatic heterocycles. The molecule has 0 radical (unpaired) electrons. The summed E-state index contributed by atoms with van der Waals surface area (Å²) in [5.41, 5.74) is 2.11. The Morgan fingerprint density at radius 2 is 1.83 bits per heavy atom. The molecule has 0 aliphatic carbocycles. The molecule has 0 saturated carbocycles. The zero-order chi connectivity index (χ0) is 20.2. The predicted octanol–water partition coefficient (Wildman–Crippen LogP) is 5.49. The standard InChI is InChI=1S/C22H14N2O4S/c25-21(13-12-15-6-5-7-16(14-15)24(26)27)28-19-10-3-1-8-17(19)22-23-18-9-2-4-11-20(18)29-22/h1-14H/b13-12+. The number of para-hydroxylation sites is 2. The van der Waals surface area contributed by atoms with Gasteiger partial charge in [-0.1, -0.05) is 36.4 Å². The number of ether oxygens (including phenoxy) is 1. The van der Waals surface area contributed by atoms with Crippen molar-refractivity contribution < 1.29 is 14.5 Å². The Morgan fingerprint density at radius 1 is 1.03 bits per heavy atom. The van der Waals surface area contributed by atoms with E-state index in [1.165, 1.54) is 35.6 Å². The molecule has 0 unspecified atom stereocenters. The maximum Gasteiger partial charge on any atom is 0.336 e. The van der Waals surface area contributed by atoms with Crippen LogP contribution in [0, 0.1) is 10.1 Å². The van der Waals surface area contributed by atoms with E-state index in [2.05, 4.69) is 4.98 Å². The third-order valence-electron chi connectivity index (χ3n) is 4.11. The highest BCUT2D eigenvalue weighted by Crippen LogP contribution is 2.35. The maximum atomic E-state index is 12.3. The Labute approximate surface area is 169 Å². The number of carbonyl (C=O) groups is 1. The van der Waals surface area contributed by atoms with Crippen molar-refractivity contribution in [1.29, 1.82) is 0 Å². The lowest BCUT2D eigenvalue weighted by atomic mass is 10.2. The van der Waals surface area contributed by atoms with E-state index < -0.39 is 10.9 Å². The minimum atomic E-state index is -0.579. The van der Waals surface area contributed by atoms with E-state index >= 15 is 0 Å². The first-order valence-electron chi connectivity index (χ1n) is 8.69. The first-order valence-corrected chi connectivity index (χ1v) is 9.51. The molecule has 0 amide bonds. The van der Waals surface area contributed by atoms with Crippen molar-refractivity contribution in [1.82, 2.24) is 4.98 Å². The Bertz CT molecular complexity index is 1210. The summed E-state index contributed by atoms with van der Waals surface area (Å²) in [5, 5.41) is 11.6. The van der Waals surface area contributed by atoms with Crippen LogP contribution >= 0.6 is 11.3 Å². The fourth-order valence-corrected chi connectivity index (χ4v) is 3.76. The monoisotopic (exact) mass is 402 g/mol. The van der Waals surface area contributed by atoms with Crippen LogP contribution in [0.4, 0.5) is 5.69 Å².